The number of rotatable bonds is 47. The molecule has 0 aliphatic heterocycles. The van der Waals surface area contributed by atoms with Gasteiger partial charge in [-0.3, -0.25) is 9.59 Å². The van der Waals surface area contributed by atoms with Crippen LogP contribution >= 0.6 is 0 Å². The van der Waals surface area contributed by atoms with Crippen LogP contribution in [0.15, 0.2) is 182 Å². The molecule has 0 aromatic rings. The van der Waals surface area contributed by atoms with Crippen molar-refractivity contribution in [1.82, 2.24) is 0 Å². The Kier molecular flexibility index (Phi) is 54.1. The number of allylic oxidation sites excluding steroid dienone is 30. The molecule has 0 heterocycles. The second kappa shape index (κ2) is 58.3. The monoisotopic (exact) mass is 959 g/mol. The van der Waals surface area contributed by atoms with E-state index in [4.69, 9.17) is 9.47 Å². The molecule has 70 heavy (non-hydrogen) atoms. The van der Waals surface area contributed by atoms with Crippen LogP contribution in [-0.2, 0) is 19.1 Å². The summed E-state index contributed by atoms with van der Waals surface area (Å²) in [6.45, 7) is 3.82. The molecule has 0 radical (unpaired) electrons. The minimum absolute atomic E-state index is 0.121. The standard InChI is InChI=1S/C65H98O5/c1-3-5-7-9-11-13-15-17-19-21-23-24-25-26-27-28-29-30-31-32-33-34-35-36-37-38-39-40-42-44-46-48-50-52-54-56-58-60-65(68)70-63(61-66)62-69-64(67)59-57-55-53-51-49-47-45-43-41-22-20-18-16-14-12-10-8-6-4-2/h5-8,11-14,17-20,23-24,26-27,29-30,32-33,35-36,38-39,41,43,47,49,53,55,63,66H,3-4,9-10,15-16,21-22,25,28,31,34,37,40,42,44-46,48,50-52,54,56-62H2,1-2H3/b7-5-,8-6-,13-11-,14-12-,19-17-,20-18-,24-23-,27-26-,30-29-,33-32-,36-35-,39-38-,43-41-,49-47-,55-53-. The Labute approximate surface area is 429 Å². The SMILES string of the molecule is CC/C=C\C/C=C\C/C=C\C/C=C\C/C=C\C/C=C\C/C=C\C/C=C\C/C=C\CCCCCCCCCCCC(=O)OC(CO)COC(=O)CC/C=C\C/C=C\C/C=C\C/C=C\C/C=C\C/C=C\CC. The molecule has 0 aliphatic rings. The van der Waals surface area contributed by atoms with Crippen LogP contribution in [0.5, 0.6) is 0 Å². The molecule has 0 aliphatic carbocycles. The van der Waals surface area contributed by atoms with E-state index < -0.39 is 6.10 Å². The van der Waals surface area contributed by atoms with Gasteiger partial charge in [-0.2, -0.15) is 0 Å². The van der Waals surface area contributed by atoms with Gasteiger partial charge in [0.25, 0.3) is 0 Å². The smallest absolute Gasteiger partial charge is 0.306 e. The highest BCUT2D eigenvalue weighted by Gasteiger charge is 2.16. The number of carbonyl (C=O) groups excluding carboxylic acids is 2. The van der Waals surface area contributed by atoms with Crippen molar-refractivity contribution in [1.29, 1.82) is 0 Å². The van der Waals surface area contributed by atoms with E-state index in [0.717, 1.165) is 122 Å². The number of ether oxygens (including phenoxy) is 2. The highest BCUT2D eigenvalue weighted by atomic mass is 16.6. The quantitative estimate of drug-likeness (QED) is 0.0374. The lowest BCUT2D eigenvalue weighted by atomic mass is 10.1. The topological polar surface area (TPSA) is 72.8 Å². The number of hydrogen-bond acceptors (Lipinski definition) is 5. The minimum Gasteiger partial charge on any atom is -0.462 e. The zero-order valence-corrected chi connectivity index (χ0v) is 44.2. The average molecular weight is 959 g/mol. The van der Waals surface area contributed by atoms with Gasteiger partial charge in [0.2, 0.25) is 0 Å². The first-order valence-corrected chi connectivity index (χ1v) is 27.3. The molecule has 0 saturated carbocycles. The van der Waals surface area contributed by atoms with E-state index in [1.54, 1.807) is 0 Å². The summed E-state index contributed by atoms with van der Waals surface area (Å²) in [4.78, 5) is 24.4. The molecule has 5 nitrogen and oxygen atoms in total. The zero-order chi connectivity index (χ0) is 50.6. The fraction of sp³-hybridized carbons (Fsp3) is 0.508. The van der Waals surface area contributed by atoms with Crippen LogP contribution in [-0.4, -0.2) is 36.4 Å². The Morgan fingerprint density at radius 1 is 0.329 bits per heavy atom. The highest BCUT2D eigenvalue weighted by molar-refractivity contribution is 5.70. The summed E-state index contributed by atoms with van der Waals surface area (Å²) in [7, 11) is 0. The lowest BCUT2D eigenvalue weighted by Crippen LogP contribution is -2.28. The third-order valence-electron chi connectivity index (χ3n) is 10.7. The fourth-order valence-corrected chi connectivity index (χ4v) is 6.69. The Balaban J connectivity index is 3.68. The van der Waals surface area contributed by atoms with Crippen LogP contribution in [0.2, 0.25) is 0 Å². The molecule has 1 atom stereocenters. The Bertz CT molecular complexity index is 1650. The van der Waals surface area contributed by atoms with E-state index in [1.165, 1.54) is 38.5 Å². The average Bonchev–Trinajstić information content (AvgIpc) is 3.36. The van der Waals surface area contributed by atoms with Crippen molar-refractivity contribution in [3.8, 4) is 0 Å². The lowest BCUT2D eigenvalue weighted by molar-refractivity contribution is -0.161. The van der Waals surface area contributed by atoms with Crippen LogP contribution in [0.25, 0.3) is 0 Å². The van der Waals surface area contributed by atoms with Crippen LogP contribution in [0, 0.1) is 0 Å². The first kappa shape index (κ1) is 65.0. The number of hydrogen-bond donors (Lipinski definition) is 1. The van der Waals surface area contributed by atoms with Gasteiger partial charge in [-0.05, 0) is 122 Å². The molecule has 5 heteroatoms. The molecule has 0 fully saturated rings. The van der Waals surface area contributed by atoms with Gasteiger partial charge in [-0.1, -0.05) is 241 Å². The number of carbonyl (C=O) groups is 2. The second-order valence-electron chi connectivity index (χ2n) is 17.2. The minimum atomic E-state index is -0.821. The lowest BCUT2D eigenvalue weighted by Gasteiger charge is -2.15. The first-order chi connectivity index (χ1) is 34.6. The van der Waals surface area contributed by atoms with Gasteiger partial charge < -0.3 is 14.6 Å². The third kappa shape index (κ3) is 55.6. The number of esters is 2. The fourth-order valence-electron chi connectivity index (χ4n) is 6.69. The molecule has 0 rings (SSSR count). The molecule has 0 bridgehead atoms. The molecule has 0 saturated heterocycles. The maximum Gasteiger partial charge on any atom is 0.306 e. The van der Waals surface area contributed by atoms with Crippen molar-refractivity contribution < 1.29 is 24.2 Å². The summed E-state index contributed by atoms with van der Waals surface area (Å²) in [6.07, 6.45) is 92.9. The molecule has 1 N–H and O–H groups in total. The van der Waals surface area contributed by atoms with Crippen molar-refractivity contribution >= 4 is 11.9 Å². The second-order valence-corrected chi connectivity index (χ2v) is 17.2. The first-order valence-electron chi connectivity index (χ1n) is 27.3. The van der Waals surface area contributed by atoms with Gasteiger partial charge >= 0.3 is 11.9 Å². The van der Waals surface area contributed by atoms with Crippen LogP contribution in [0.4, 0.5) is 0 Å². The summed E-state index contributed by atoms with van der Waals surface area (Å²) < 4.78 is 10.6. The van der Waals surface area contributed by atoms with Crippen LogP contribution in [0.1, 0.15) is 194 Å². The maximum atomic E-state index is 12.3. The van der Waals surface area contributed by atoms with Crippen molar-refractivity contribution in [2.45, 2.75) is 200 Å². The molecule has 0 spiro atoms. The summed E-state index contributed by atoms with van der Waals surface area (Å²) >= 11 is 0. The van der Waals surface area contributed by atoms with Crippen LogP contribution < -0.4 is 0 Å². The number of unbranched alkanes of at least 4 members (excludes halogenated alkanes) is 9. The molecule has 0 aromatic heterocycles. The van der Waals surface area contributed by atoms with Gasteiger partial charge in [-0.15, -0.1) is 0 Å². The highest BCUT2D eigenvalue weighted by Crippen LogP contribution is 2.13. The molecule has 0 amide bonds. The zero-order valence-electron chi connectivity index (χ0n) is 44.2. The maximum absolute atomic E-state index is 12.3. The van der Waals surface area contributed by atoms with Gasteiger partial charge in [0.05, 0.1) is 6.61 Å². The summed E-state index contributed by atoms with van der Waals surface area (Å²) in [5.74, 6) is -0.711. The van der Waals surface area contributed by atoms with Crippen LogP contribution in [0.3, 0.4) is 0 Å². The van der Waals surface area contributed by atoms with Crippen molar-refractivity contribution in [3.63, 3.8) is 0 Å². The molecular weight excluding hydrogens is 861 g/mol. The van der Waals surface area contributed by atoms with Gasteiger partial charge in [-0.25, -0.2) is 0 Å². The van der Waals surface area contributed by atoms with E-state index in [2.05, 4.69) is 184 Å². The Hall–Kier alpha value is -5.00. The normalized spacial score (nSPS) is 13.7. The molecule has 388 valence electrons. The van der Waals surface area contributed by atoms with Gasteiger partial charge in [0.1, 0.15) is 6.61 Å². The van der Waals surface area contributed by atoms with Crippen molar-refractivity contribution in [2.75, 3.05) is 13.2 Å². The summed E-state index contributed by atoms with van der Waals surface area (Å²) in [6, 6.07) is 0. The predicted molar refractivity (Wildman–Crippen MR) is 306 cm³/mol. The number of aliphatic hydroxyl groups excluding tert-OH is 1. The predicted octanol–water partition coefficient (Wildman–Crippen LogP) is 18.7. The van der Waals surface area contributed by atoms with E-state index in [9.17, 15) is 14.7 Å². The van der Waals surface area contributed by atoms with Gasteiger partial charge in [0, 0.05) is 12.8 Å². The Morgan fingerprint density at radius 2 is 0.600 bits per heavy atom. The van der Waals surface area contributed by atoms with E-state index in [-0.39, 0.29) is 31.6 Å². The molecular formula is C65H98O5. The summed E-state index contributed by atoms with van der Waals surface area (Å²) in [5, 5.41) is 9.63. The largest absolute Gasteiger partial charge is 0.462 e. The van der Waals surface area contributed by atoms with E-state index in [0.29, 0.717) is 12.8 Å². The summed E-state index contributed by atoms with van der Waals surface area (Å²) in [5.41, 5.74) is 0. The van der Waals surface area contributed by atoms with E-state index in [1.807, 2.05) is 12.2 Å². The molecule has 0 aromatic carbocycles. The molecule has 1 unspecified atom stereocenters. The third-order valence-corrected chi connectivity index (χ3v) is 10.7. The van der Waals surface area contributed by atoms with E-state index >= 15 is 0 Å². The number of aliphatic hydroxyl groups is 1. The Morgan fingerprint density at radius 3 is 0.914 bits per heavy atom. The van der Waals surface area contributed by atoms with Crippen molar-refractivity contribution in [3.05, 3.63) is 182 Å². The van der Waals surface area contributed by atoms with Gasteiger partial charge in [0.15, 0.2) is 6.10 Å². The van der Waals surface area contributed by atoms with Crippen molar-refractivity contribution in [2.24, 2.45) is 0 Å².